The maximum absolute atomic E-state index is 12.5. The number of carbonyl (C=O) groups is 1. The van der Waals surface area contributed by atoms with Crippen LogP contribution in [0.1, 0.15) is 38.5 Å². The highest BCUT2D eigenvalue weighted by molar-refractivity contribution is 7.71. The summed E-state index contributed by atoms with van der Waals surface area (Å²) in [5.41, 5.74) is 0.738. The predicted molar refractivity (Wildman–Crippen MR) is 97.7 cm³/mol. The van der Waals surface area contributed by atoms with Crippen molar-refractivity contribution >= 4 is 29.0 Å². The molecule has 0 radical (unpaired) electrons. The van der Waals surface area contributed by atoms with Crippen LogP contribution in [0.4, 0.5) is 0 Å². The van der Waals surface area contributed by atoms with E-state index in [0.717, 1.165) is 50.7 Å². The maximum Gasteiger partial charge on any atom is 0.262 e. The van der Waals surface area contributed by atoms with Crippen LogP contribution in [0, 0.1) is 4.77 Å². The lowest BCUT2D eigenvalue weighted by atomic mass is 10.1. The van der Waals surface area contributed by atoms with Crippen molar-refractivity contribution in [3.8, 4) is 0 Å². The van der Waals surface area contributed by atoms with Gasteiger partial charge >= 0.3 is 0 Å². The van der Waals surface area contributed by atoms with Crippen molar-refractivity contribution in [2.75, 3.05) is 13.1 Å². The number of para-hydroxylation sites is 1. The minimum Gasteiger partial charge on any atom is -0.343 e. The molecule has 0 atom stereocenters. The van der Waals surface area contributed by atoms with E-state index < -0.39 is 0 Å². The topological polar surface area (TPSA) is 58.1 Å². The van der Waals surface area contributed by atoms with E-state index >= 15 is 0 Å². The third-order valence-electron chi connectivity index (χ3n) is 4.62. The van der Waals surface area contributed by atoms with Crippen LogP contribution in [0.3, 0.4) is 0 Å². The first-order valence-corrected chi connectivity index (χ1v) is 9.07. The van der Waals surface area contributed by atoms with Crippen LogP contribution in [0.15, 0.2) is 29.1 Å². The molecule has 0 unspecified atom stereocenters. The van der Waals surface area contributed by atoms with Crippen LogP contribution in [-0.2, 0) is 11.3 Å². The van der Waals surface area contributed by atoms with Gasteiger partial charge in [0.2, 0.25) is 5.91 Å². The number of aromatic nitrogens is 2. The molecule has 1 aliphatic heterocycles. The van der Waals surface area contributed by atoms with E-state index in [1.54, 1.807) is 4.57 Å². The van der Waals surface area contributed by atoms with Crippen molar-refractivity contribution < 1.29 is 4.79 Å². The van der Waals surface area contributed by atoms with Gasteiger partial charge in [-0.15, -0.1) is 0 Å². The largest absolute Gasteiger partial charge is 0.343 e. The SMILES string of the molecule is O=C(CCCCCn1c(=S)[nH]c2ccccc2c1=O)N1CCCC1. The highest BCUT2D eigenvalue weighted by Crippen LogP contribution is 2.12. The summed E-state index contributed by atoms with van der Waals surface area (Å²) in [6, 6.07) is 7.42. The van der Waals surface area contributed by atoms with Gasteiger partial charge in [-0.3, -0.25) is 14.2 Å². The van der Waals surface area contributed by atoms with Crippen LogP contribution in [-0.4, -0.2) is 33.4 Å². The van der Waals surface area contributed by atoms with Crippen LogP contribution in [0.5, 0.6) is 0 Å². The van der Waals surface area contributed by atoms with Gasteiger partial charge < -0.3 is 9.88 Å². The molecule has 1 N–H and O–H groups in total. The lowest BCUT2D eigenvalue weighted by Crippen LogP contribution is -2.27. The number of H-pyrrole nitrogens is 1. The summed E-state index contributed by atoms with van der Waals surface area (Å²) in [4.78, 5) is 29.6. The Kier molecular flexibility index (Phi) is 5.45. The summed E-state index contributed by atoms with van der Waals surface area (Å²) < 4.78 is 2.09. The number of hydrogen-bond acceptors (Lipinski definition) is 3. The summed E-state index contributed by atoms with van der Waals surface area (Å²) in [5, 5.41) is 0.662. The molecule has 0 saturated carbocycles. The van der Waals surface area contributed by atoms with Crippen LogP contribution >= 0.6 is 12.2 Å². The van der Waals surface area contributed by atoms with Crippen molar-refractivity contribution in [3.63, 3.8) is 0 Å². The second-order valence-electron chi connectivity index (χ2n) is 6.33. The zero-order valence-electron chi connectivity index (χ0n) is 13.8. The average Bonchev–Trinajstić information content (AvgIpc) is 3.11. The predicted octanol–water partition coefficient (Wildman–Crippen LogP) is 3.24. The van der Waals surface area contributed by atoms with Crippen molar-refractivity contribution in [2.45, 2.75) is 45.1 Å². The Morgan fingerprint density at radius 1 is 1.12 bits per heavy atom. The minimum absolute atomic E-state index is 0.0394. The number of nitrogens with one attached hydrogen (secondary N) is 1. The third-order valence-corrected chi connectivity index (χ3v) is 4.94. The van der Waals surface area contributed by atoms with Gasteiger partial charge in [0.15, 0.2) is 4.77 Å². The van der Waals surface area contributed by atoms with E-state index in [0.29, 0.717) is 23.1 Å². The monoisotopic (exact) mass is 345 g/mol. The van der Waals surface area contributed by atoms with Crippen molar-refractivity contribution in [1.82, 2.24) is 14.5 Å². The van der Waals surface area contributed by atoms with E-state index in [9.17, 15) is 9.59 Å². The molecular formula is C18H23N3O2S. The number of aromatic amines is 1. The second-order valence-corrected chi connectivity index (χ2v) is 6.72. The van der Waals surface area contributed by atoms with Gasteiger partial charge in [0, 0.05) is 26.1 Å². The van der Waals surface area contributed by atoms with E-state index in [-0.39, 0.29) is 11.5 Å². The van der Waals surface area contributed by atoms with Crippen LogP contribution < -0.4 is 5.56 Å². The molecule has 5 nitrogen and oxygen atoms in total. The number of fused-ring (bicyclic) bond motifs is 1. The van der Waals surface area contributed by atoms with Gasteiger partial charge in [-0.1, -0.05) is 18.6 Å². The fourth-order valence-corrected chi connectivity index (χ4v) is 3.53. The Morgan fingerprint density at radius 3 is 2.67 bits per heavy atom. The Morgan fingerprint density at radius 2 is 1.88 bits per heavy atom. The molecule has 6 heteroatoms. The first-order chi connectivity index (χ1) is 11.7. The molecule has 0 spiro atoms. The standard InChI is InChI=1S/C18H23N3O2S/c22-16(20-11-6-7-12-20)10-2-1-5-13-21-17(23)14-8-3-4-9-15(14)19-18(21)24/h3-4,8-9H,1-2,5-7,10-13H2,(H,19,24). The Bertz CT molecular complexity index is 834. The molecule has 3 rings (SSSR count). The fraction of sp³-hybridized carbons (Fsp3) is 0.500. The molecule has 1 aromatic carbocycles. The van der Waals surface area contributed by atoms with Gasteiger partial charge in [0.1, 0.15) is 0 Å². The number of rotatable bonds is 6. The number of benzene rings is 1. The lowest BCUT2D eigenvalue weighted by molar-refractivity contribution is -0.130. The molecule has 2 heterocycles. The quantitative estimate of drug-likeness (QED) is 0.646. The first kappa shape index (κ1) is 16.9. The molecule has 24 heavy (non-hydrogen) atoms. The average molecular weight is 345 g/mol. The highest BCUT2D eigenvalue weighted by atomic mass is 32.1. The van der Waals surface area contributed by atoms with E-state index in [1.165, 1.54) is 0 Å². The first-order valence-electron chi connectivity index (χ1n) is 8.66. The summed E-state index contributed by atoms with van der Waals surface area (Å²) >= 11 is 5.31. The molecule has 2 aromatic rings. The van der Waals surface area contributed by atoms with Crippen LogP contribution in [0.2, 0.25) is 0 Å². The summed E-state index contributed by atoms with van der Waals surface area (Å²) in [6.07, 6.45) is 5.52. The molecule has 1 amide bonds. The molecule has 0 aliphatic carbocycles. The van der Waals surface area contributed by atoms with E-state index in [2.05, 4.69) is 4.98 Å². The Balaban J connectivity index is 1.53. The molecule has 0 bridgehead atoms. The molecule has 1 fully saturated rings. The second kappa shape index (κ2) is 7.75. The zero-order chi connectivity index (χ0) is 16.9. The van der Waals surface area contributed by atoms with Gasteiger partial charge in [-0.25, -0.2) is 0 Å². The van der Waals surface area contributed by atoms with Gasteiger partial charge in [0.05, 0.1) is 10.9 Å². The third kappa shape index (κ3) is 3.75. The zero-order valence-corrected chi connectivity index (χ0v) is 14.6. The number of carbonyl (C=O) groups excluding carboxylic acids is 1. The van der Waals surface area contributed by atoms with Crippen molar-refractivity contribution in [1.29, 1.82) is 0 Å². The Hall–Kier alpha value is -1.95. The van der Waals surface area contributed by atoms with Gasteiger partial charge in [-0.05, 0) is 50.0 Å². The molecule has 1 aliphatic rings. The van der Waals surface area contributed by atoms with E-state index in [1.807, 2.05) is 29.2 Å². The molecule has 1 saturated heterocycles. The lowest BCUT2D eigenvalue weighted by Gasteiger charge is -2.14. The smallest absolute Gasteiger partial charge is 0.262 e. The van der Waals surface area contributed by atoms with Crippen molar-refractivity contribution in [2.24, 2.45) is 0 Å². The highest BCUT2D eigenvalue weighted by Gasteiger charge is 2.16. The molecule has 1 aromatic heterocycles. The molecule has 128 valence electrons. The minimum atomic E-state index is -0.0394. The number of hydrogen-bond donors (Lipinski definition) is 1. The summed E-state index contributed by atoms with van der Waals surface area (Å²) in [5.74, 6) is 0.271. The summed E-state index contributed by atoms with van der Waals surface area (Å²) in [6.45, 7) is 2.43. The van der Waals surface area contributed by atoms with Crippen molar-refractivity contribution in [3.05, 3.63) is 39.4 Å². The number of nitrogens with zero attached hydrogens (tertiary/aromatic N) is 2. The normalized spacial score (nSPS) is 14.4. The van der Waals surface area contributed by atoms with E-state index in [4.69, 9.17) is 12.2 Å². The van der Waals surface area contributed by atoms with Crippen LogP contribution in [0.25, 0.3) is 10.9 Å². The fourth-order valence-electron chi connectivity index (χ4n) is 3.25. The Labute approximate surface area is 146 Å². The maximum atomic E-state index is 12.5. The number of likely N-dealkylation sites (tertiary alicyclic amines) is 1. The van der Waals surface area contributed by atoms with Gasteiger partial charge in [-0.2, -0.15) is 0 Å². The number of amides is 1. The van der Waals surface area contributed by atoms with Gasteiger partial charge in [0.25, 0.3) is 5.56 Å². The molecular weight excluding hydrogens is 322 g/mol. The number of unbranched alkanes of at least 4 members (excludes halogenated alkanes) is 2. The summed E-state index contributed by atoms with van der Waals surface area (Å²) in [7, 11) is 0.